The molecular formula is C12H16N6O. The molecule has 2 rings (SSSR count). The molecule has 2 heterocycles. The van der Waals surface area contributed by atoms with Gasteiger partial charge in [-0.3, -0.25) is 14.5 Å². The Hall–Kier alpha value is -2.44. The maximum absolute atomic E-state index is 12.1. The topological polar surface area (TPSA) is 84.7 Å². The number of nitrogens with zero attached hydrogens (tertiary/aromatic N) is 4. The standard InChI is InChI=1S/C12H16N6O/c1-3-14-10-6-13-5-4-9(10)12(19)15-7-11-16-8-18(2)17-11/h4-6,8,14H,3,7H2,1-2H3,(H,15,19). The molecule has 0 unspecified atom stereocenters. The van der Waals surface area contributed by atoms with Crippen molar-refractivity contribution in [1.29, 1.82) is 0 Å². The lowest BCUT2D eigenvalue weighted by Gasteiger charge is -2.09. The second-order valence-corrected chi connectivity index (χ2v) is 3.97. The summed E-state index contributed by atoms with van der Waals surface area (Å²) in [4.78, 5) is 20.1. The Kier molecular flexibility index (Phi) is 4.07. The zero-order chi connectivity index (χ0) is 13.7. The first-order chi connectivity index (χ1) is 9.20. The molecule has 0 spiro atoms. The van der Waals surface area contributed by atoms with Gasteiger partial charge in [0.2, 0.25) is 0 Å². The molecule has 7 heteroatoms. The number of carbonyl (C=O) groups is 1. The van der Waals surface area contributed by atoms with Gasteiger partial charge in [-0.05, 0) is 13.0 Å². The van der Waals surface area contributed by atoms with E-state index < -0.39 is 0 Å². The van der Waals surface area contributed by atoms with Crippen molar-refractivity contribution in [1.82, 2.24) is 25.1 Å². The summed E-state index contributed by atoms with van der Waals surface area (Å²) < 4.78 is 1.60. The van der Waals surface area contributed by atoms with Gasteiger partial charge >= 0.3 is 0 Å². The highest BCUT2D eigenvalue weighted by molar-refractivity contribution is 5.99. The van der Waals surface area contributed by atoms with Gasteiger partial charge in [0.15, 0.2) is 5.82 Å². The monoisotopic (exact) mass is 260 g/mol. The van der Waals surface area contributed by atoms with Crippen molar-refractivity contribution in [2.75, 3.05) is 11.9 Å². The molecule has 100 valence electrons. The van der Waals surface area contributed by atoms with Crippen LogP contribution < -0.4 is 10.6 Å². The van der Waals surface area contributed by atoms with E-state index in [1.54, 1.807) is 36.5 Å². The maximum atomic E-state index is 12.1. The number of pyridine rings is 1. The average Bonchev–Trinajstić information content (AvgIpc) is 2.83. The van der Waals surface area contributed by atoms with Crippen molar-refractivity contribution < 1.29 is 4.79 Å². The minimum atomic E-state index is -0.175. The number of aryl methyl sites for hydroxylation is 1. The van der Waals surface area contributed by atoms with Crippen molar-refractivity contribution in [2.45, 2.75) is 13.5 Å². The lowest BCUT2D eigenvalue weighted by Crippen LogP contribution is -2.24. The summed E-state index contributed by atoms with van der Waals surface area (Å²) in [5.74, 6) is 0.403. The van der Waals surface area contributed by atoms with E-state index in [0.717, 1.165) is 12.2 Å². The summed E-state index contributed by atoms with van der Waals surface area (Å²) in [5, 5.41) is 9.98. The zero-order valence-corrected chi connectivity index (χ0v) is 10.9. The first-order valence-corrected chi connectivity index (χ1v) is 6.01. The molecule has 0 saturated carbocycles. The van der Waals surface area contributed by atoms with Crippen molar-refractivity contribution in [3.8, 4) is 0 Å². The van der Waals surface area contributed by atoms with E-state index in [4.69, 9.17) is 0 Å². The van der Waals surface area contributed by atoms with Crippen molar-refractivity contribution in [3.05, 3.63) is 36.2 Å². The van der Waals surface area contributed by atoms with Gasteiger partial charge < -0.3 is 10.6 Å². The molecule has 7 nitrogen and oxygen atoms in total. The molecule has 0 aliphatic carbocycles. The molecule has 0 radical (unpaired) electrons. The van der Waals surface area contributed by atoms with Gasteiger partial charge in [0, 0.05) is 19.8 Å². The lowest BCUT2D eigenvalue weighted by molar-refractivity contribution is 0.0950. The molecule has 0 fully saturated rings. The van der Waals surface area contributed by atoms with Crippen LogP contribution in [0.4, 0.5) is 5.69 Å². The highest BCUT2D eigenvalue weighted by Gasteiger charge is 2.11. The fourth-order valence-corrected chi connectivity index (χ4v) is 1.64. The molecule has 0 bridgehead atoms. The first kappa shape index (κ1) is 13.0. The van der Waals surface area contributed by atoms with E-state index in [2.05, 4.69) is 25.7 Å². The number of nitrogens with one attached hydrogen (secondary N) is 2. The van der Waals surface area contributed by atoms with Crippen LogP contribution in [0.15, 0.2) is 24.8 Å². The van der Waals surface area contributed by atoms with Gasteiger partial charge in [-0.15, -0.1) is 0 Å². The van der Waals surface area contributed by atoms with Gasteiger partial charge in [0.05, 0.1) is 24.0 Å². The van der Waals surface area contributed by atoms with Crippen LogP contribution in [0.3, 0.4) is 0 Å². The van der Waals surface area contributed by atoms with Crippen LogP contribution in [0.25, 0.3) is 0 Å². The Labute approximate surface area is 111 Å². The van der Waals surface area contributed by atoms with Gasteiger partial charge in [0.1, 0.15) is 6.33 Å². The summed E-state index contributed by atoms with van der Waals surface area (Å²) in [7, 11) is 1.78. The van der Waals surface area contributed by atoms with Gasteiger partial charge in [-0.2, -0.15) is 5.10 Å². The zero-order valence-electron chi connectivity index (χ0n) is 10.9. The third-order valence-electron chi connectivity index (χ3n) is 2.49. The minimum absolute atomic E-state index is 0.175. The summed E-state index contributed by atoms with van der Waals surface area (Å²) >= 11 is 0. The van der Waals surface area contributed by atoms with Crippen molar-refractivity contribution >= 4 is 11.6 Å². The fraction of sp³-hybridized carbons (Fsp3) is 0.333. The summed E-state index contributed by atoms with van der Waals surface area (Å²) in [6.07, 6.45) is 4.82. The normalized spacial score (nSPS) is 10.2. The average molecular weight is 260 g/mol. The van der Waals surface area contributed by atoms with Crippen molar-refractivity contribution in [2.24, 2.45) is 7.05 Å². The summed E-state index contributed by atoms with van der Waals surface area (Å²) in [6.45, 7) is 2.99. The smallest absolute Gasteiger partial charge is 0.253 e. The molecule has 1 amide bonds. The van der Waals surface area contributed by atoms with Gasteiger partial charge in [0.25, 0.3) is 5.91 Å². The molecule has 19 heavy (non-hydrogen) atoms. The highest BCUT2D eigenvalue weighted by Crippen LogP contribution is 2.12. The fourth-order valence-electron chi connectivity index (χ4n) is 1.64. The molecule has 2 aromatic heterocycles. The summed E-state index contributed by atoms with van der Waals surface area (Å²) in [6, 6.07) is 1.68. The number of anilines is 1. The van der Waals surface area contributed by atoms with E-state index in [1.807, 2.05) is 6.92 Å². The second-order valence-electron chi connectivity index (χ2n) is 3.97. The number of hydrogen-bond donors (Lipinski definition) is 2. The first-order valence-electron chi connectivity index (χ1n) is 6.01. The minimum Gasteiger partial charge on any atom is -0.383 e. The van der Waals surface area contributed by atoms with Crippen LogP contribution in [-0.2, 0) is 13.6 Å². The molecular weight excluding hydrogens is 244 g/mol. The van der Waals surface area contributed by atoms with Crippen molar-refractivity contribution in [3.63, 3.8) is 0 Å². The van der Waals surface area contributed by atoms with Crippen LogP contribution in [0.1, 0.15) is 23.1 Å². The Morgan fingerprint density at radius 2 is 2.32 bits per heavy atom. The largest absolute Gasteiger partial charge is 0.383 e. The van der Waals surface area contributed by atoms with Crippen LogP contribution in [0, 0.1) is 0 Å². The van der Waals surface area contributed by atoms with Gasteiger partial charge in [-0.1, -0.05) is 0 Å². The third-order valence-corrected chi connectivity index (χ3v) is 2.49. The molecule has 2 aromatic rings. The van der Waals surface area contributed by atoms with Crippen LogP contribution in [0.2, 0.25) is 0 Å². The number of amides is 1. The number of hydrogen-bond acceptors (Lipinski definition) is 5. The number of aromatic nitrogens is 4. The molecule has 0 atom stereocenters. The van der Waals surface area contributed by atoms with Crippen LogP contribution in [-0.4, -0.2) is 32.2 Å². The van der Waals surface area contributed by atoms with Crippen LogP contribution in [0.5, 0.6) is 0 Å². The SMILES string of the molecule is CCNc1cnccc1C(=O)NCc1ncn(C)n1. The molecule has 0 aliphatic heterocycles. The third kappa shape index (κ3) is 3.27. The molecule has 2 N–H and O–H groups in total. The van der Waals surface area contributed by atoms with E-state index in [9.17, 15) is 4.79 Å². The maximum Gasteiger partial charge on any atom is 0.253 e. The Morgan fingerprint density at radius 3 is 3.00 bits per heavy atom. The Morgan fingerprint density at radius 1 is 1.47 bits per heavy atom. The number of carbonyl (C=O) groups excluding carboxylic acids is 1. The van der Waals surface area contributed by atoms with Crippen LogP contribution >= 0.6 is 0 Å². The quantitative estimate of drug-likeness (QED) is 0.821. The second kappa shape index (κ2) is 5.94. The van der Waals surface area contributed by atoms with E-state index >= 15 is 0 Å². The highest BCUT2D eigenvalue weighted by atomic mass is 16.1. The van der Waals surface area contributed by atoms with E-state index in [1.165, 1.54) is 0 Å². The van der Waals surface area contributed by atoms with E-state index in [-0.39, 0.29) is 5.91 Å². The van der Waals surface area contributed by atoms with Gasteiger partial charge in [-0.25, -0.2) is 4.98 Å². The predicted molar refractivity (Wildman–Crippen MR) is 70.6 cm³/mol. The number of rotatable bonds is 5. The lowest BCUT2D eigenvalue weighted by atomic mass is 10.2. The molecule has 0 saturated heterocycles. The Bertz CT molecular complexity index is 565. The Balaban J connectivity index is 2.03. The van der Waals surface area contributed by atoms with E-state index in [0.29, 0.717) is 17.9 Å². The summed E-state index contributed by atoms with van der Waals surface area (Å²) in [5.41, 5.74) is 1.28. The predicted octanol–water partition coefficient (Wildman–Crippen LogP) is 0.572. The molecule has 0 aliphatic rings. The molecule has 0 aromatic carbocycles.